The number of nitrogen functional groups attached to an aromatic ring is 1. The SMILES string of the molecule is CN(C)CC1CCCN1c1ccc(N)cc1C(F)F. The van der Waals surface area contributed by atoms with Gasteiger partial charge in [0, 0.05) is 36.1 Å². The molecule has 5 heteroatoms. The third-order valence-electron chi connectivity index (χ3n) is 3.55. The number of nitrogens with zero attached hydrogens (tertiary/aromatic N) is 2. The highest BCUT2D eigenvalue weighted by Crippen LogP contribution is 2.35. The summed E-state index contributed by atoms with van der Waals surface area (Å²) in [5, 5.41) is 0. The second kappa shape index (κ2) is 5.74. The van der Waals surface area contributed by atoms with E-state index in [9.17, 15) is 8.78 Å². The summed E-state index contributed by atoms with van der Waals surface area (Å²) in [5.41, 5.74) is 6.69. The van der Waals surface area contributed by atoms with Crippen LogP contribution >= 0.6 is 0 Å². The Balaban J connectivity index is 2.29. The maximum absolute atomic E-state index is 13.2. The van der Waals surface area contributed by atoms with Gasteiger partial charge in [0.1, 0.15) is 0 Å². The Morgan fingerprint density at radius 2 is 2.16 bits per heavy atom. The third-order valence-corrected chi connectivity index (χ3v) is 3.55. The van der Waals surface area contributed by atoms with Crippen molar-refractivity contribution in [3.05, 3.63) is 23.8 Å². The number of anilines is 2. The lowest BCUT2D eigenvalue weighted by Crippen LogP contribution is -2.38. The van der Waals surface area contributed by atoms with E-state index < -0.39 is 6.43 Å². The highest BCUT2D eigenvalue weighted by atomic mass is 19.3. The van der Waals surface area contributed by atoms with Crippen LogP contribution in [0.4, 0.5) is 20.2 Å². The van der Waals surface area contributed by atoms with Gasteiger partial charge in [-0.2, -0.15) is 0 Å². The van der Waals surface area contributed by atoms with E-state index in [4.69, 9.17) is 5.73 Å². The fourth-order valence-electron chi connectivity index (χ4n) is 2.77. The molecule has 0 aromatic heterocycles. The van der Waals surface area contributed by atoms with Gasteiger partial charge in [-0.1, -0.05) is 0 Å². The molecule has 1 fully saturated rings. The summed E-state index contributed by atoms with van der Waals surface area (Å²) in [6, 6.07) is 5.12. The van der Waals surface area contributed by atoms with E-state index in [-0.39, 0.29) is 5.56 Å². The molecule has 1 aromatic carbocycles. The number of halogens is 2. The van der Waals surface area contributed by atoms with Crippen LogP contribution in [0.3, 0.4) is 0 Å². The molecule has 19 heavy (non-hydrogen) atoms. The summed E-state index contributed by atoms with van der Waals surface area (Å²) in [4.78, 5) is 4.20. The molecular formula is C14H21F2N3. The number of hydrogen-bond acceptors (Lipinski definition) is 3. The van der Waals surface area contributed by atoms with E-state index in [1.54, 1.807) is 12.1 Å². The molecular weight excluding hydrogens is 248 g/mol. The standard InChI is InChI=1S/C14H21F2N3/c1-18(2)9-11-4-3-7-19(11)13-6-5-10(17)8-12(13)14(15)16/h5-6,8,11,14H,3-4,7,9,17H2,1-2H3. The minimum Gasteiger partial charge on any atom is -0.399 e. The molecule has 0 radical (unpaired) electrons. The maximum atomic E-state index is 13.2. The van der Waals surface area contributed by atoms with Crippen LogP contribution in [0.1, 0.15) is 24.8 Å². The quantitative estimate of drug-likeness (QED) is 0.853. The van der Waals surface area contributed by atoms with Crippen LogP contribution in [0.5, 0.6) is 0 Å². The number of rotatable bonds is 4. The molecule has 106 valence electrons. The number of likely N-dealkylation sites (N-methyl/N-ethyl adjacent to an activating group) is 1. The summed E-state index contributed by atoms with van der Waals surface area (Å²) < 4.78 is 26.3. The number of hydrogen-bond donors (Lipinski definition) is 1. The van der Waals surface area contributed by atoms with Gasteiger partial charge in [-0.15, -0.1) is 0 Å². The summed E-state index contributed by atoms with van der Waals surface area (Å²) in [5.74, 6) is 0. The summed E-state index contributed by atoms with van der Waals surface area (Å²) >= 11 is 0. The molecule has 0 aliphatic carbocycles. The van der Waals surface area contributed by atoms with Gasteiger partial charge in [-0.05, 0) is 45.1 Å². The Hall–Kier alpha value is -1.36. The smallest absolute Gasteiger partial charge is 0.265 e. The topological polar surface area (TPSA) is 32.5 Å². The van der Waals surface area contributed by atoms with Gasteiger partial charge in [0.2, 0.25) is 0 Å². The van der Waals surface area contributed by atoms with Crippen LogP contribution in [0.25, 0.3) is 0 Å². The molecule has 1 aliphatic heterocycles. The fraction of sp³-hybridized carbons (Fsp3) is 0.571. The van der Waals surface area contributed by atoms with Crippen LogP contribution in [-0.2, 0) is 0 Å². The largest absolute Gasteiger partial charge is 0.399 e. The van der Waals surface area contributed by atoms with Gasteiger partial charge in [0.25, 0.3) is 6.43 Å². The molecule has 1 aromatic rings. The van der Waals surface area contributed by atoms with Crippen LogP contribution in [-0.4, -0.2) is 38.1 Å². The van der Waals surface area contributed by atoms with E-state index in [1.165, 1.54) is 6.07 Å². The van der Waals surface area contributed by atoms with Gasteiger partial charge < -0.3 is 15.5 Å². The van der Waals surface area contributed by atoms with Crippen molar-refractivity contribution in [2.24, 2.45) is 0 Å². The van der Waals surface area contributed by atoms with Crippen molar-refractivity contribution in [1.29, 1.82) is 0 Å². The molecule has 2 N–H and O–H groups in total. The predicted octanol–water partition coefficient (Wildman–Crippen LogP) is 2.74. The minimum atomic E-state index is -2.49. The van der Waals surface area contributed by atoms with Crippen LogP contribution in [0.2, 0.25) is 0 Å². The van der Waals surface area contributed by atoms with E-state index in [1.807, 2.05) is 14.1 Å². The van der Waals surface area contributed by atoms with E-state index in [2.05, 4.69) is 9.80 Å². The normalized spacial score (nSPS) is 19.7. The minimum absolute atomic E-state index is 0.0469. The molecule has 3 nitrogen and oxygen atoms in total. The van der Waals surface area contributed by atoms with E-state index >= 15 is 0 Å². The molecule has 1 unspecified atom stereocenters. The zero-order valence-electron chi connectivity index (χ0n) is 11.4. The Morgan fingerprint density at radius 1 is 1.42 bits per heavy atom. The van der Waals surface area contributed by atoms with Crippen molar-refractivity contribution in [2.45, 2.75) is 25.3 Å². The van der Waals surface area contributed by atoms with Gasteiger partial charge in [0.15, 0.2) is 0 Å². The first kappa shape index (κ1) is 14.1. The maximum Gasteiger partial charge on any atom is 0.265 e. The first-order chi connectivity index (χ1) is 8.99. The monoisotopic (exact) mass is 269 g/mol. The number of nitrogens with two attached hydrogens (primary N) is 1. The molecule has 0 bridgehead atoms. The average molecular weight is 269 g/mol. The van der Waals surface area contributed by atoms with Crippen LogP contribution in [0, 0.1) is 0 Å². The molecule has 1 atom stereocenters. The molecule has 1 heterocycles. The lowest BCUT2D eigenvalue weighted by molar-refractivity contribution is 0.151. The highest BCUT2D eigenvalue weighted by molar-refractivity contribution is 5.61. The second-order valence-electron chi connectivity index (χ2n) is 5.37. The second-order valence-corrected chi connectivity index (χ2v) is 5.37. The van der Waals surface area contributed by atoms with Crippen molar-refractivity contribution in [1.82, 2.24) is 4.90 Å². The van der Waals surface area contributed by atoms with Crippen molar-refractivity contribution < 1.29 is 8.78 Å². The fourth-order valence-corrected chi connectivity index (χ4v) is 2.77. The van der Waals surface area contributed by atoms with Gasteiger partial charge in [-0.25, -0.2) is 8.78 Å². The first-order valence-electron chi connectivity index (χ1n) is 6.58. The van der Waals surface area contributed by atoms with Gasteiger partial charge in [-0.3, -0.25) is 0 Å². The summed E-state index contributed by atoms with van der Waals surface area (Å²) in [7, 11) is 4.01. The Bertz CT molecular complexity index is 435. The number of benzene rings is 1. The third kappa shape index (κ3) is 3.15. The Morgan fingerprint density at radius 3 is 2.79 bits per heavy atom. The lowest BCUT2D eigenvalue weighted by atomic mass is 10.1. The highest BCUT2D eigenvalue weighted by Gasteiger charge is 2.28. The molecule has 1 aliphatic rings. The molecule has 0 amide bonds. The molecule has 0 spiro atoms. The van der Waals surface area contributed by atoms with Crippen molar-refractivity contribution in [3.63, 3.8) is 0 Å². The molecule has 0 saturated carbocycles. The van der Waals surface area contributed by atoms with Crippen molar-refractivity contribution in [2.75, 3.05) is 37.8 Å². The van der Waals surface area contributed by atoms with Gasteiger partial charge >= 0.3 is 0 Å². The Labute approximate surface area is 113 Å². The van der Waals surface area contributed by atoms with Crippen LogP contribution < -0.4 is 10.6 Å². The van der Waals surface area contributed by atoms with Gasteiger partial charge in [0.05, 0.1) is 0 Å². The van der Waals surface area contributed by atoms with E-state index in [0.717, 1.165) is 25.9 Å². The number of alkyl halides is 2. The molecule has 1 saturated heterocycles. The molecule has 2 rings (SSSR count). The van der Waals surface area contributed by atoms with Crippen LogP contribution in [0.15, 0.2) is 18.2 Å². The summed E-state index contributed by atoms with van der Waals surface area (Å²) in [6.45, 7) is 1.72. The van der Waals surface area contributed by atoms with Crippen molar-refractivity contribution >= 4 is 11.4 Å². The van der Waals surface area contributed by atoms with Crippen molar-refractivity contribution in [3.8, 4) is 0 Å². The average Bonchev–Trinajstić information content (AvgIpc) is 2.76. The predicted molar refractivity (Wildman–Crippen MR) is 74.7 cm³/mol. The zero-order chi connectivity index (χ0) is 14.0. The lowest BCUT2D eigenvalue weighted by Gasteiger charge is -2.30. The first-order valence-corrected chi connectivity index (χ1v) is 6.58. The Kier molecular flexibility index (Phi) is 4.24. The summed E-state index contributed by atoms with van der Waals surface area (Å²) in [6.07, 6.45) is -0.393. The zero-order valence-corrected chi connectivity index (χ0v) is 11.4. The van der Waals surface area contributed by atoms with E-state index in [0.29, 0.717) is 17.4 Å².